The predicted molar refractivity (Wildman–Crippen MR) is 112 cm³/mol. The zero-order chi connectivity index (χ0) is 19.7. The van der Waals surface area contributed by atoms with Gasteiger partial charge >= 0.3 is 0 Å². The number of aromatic hydroxyl groups is 1. The third kappa shape index (κ3) is 3.46. The third-order valence-corrected chi connectivity index (χ3v) is 5.45. The zero-order valence-corrected chi connectivity index (χ0v) is 16.2. The van der Waals surface area contributed by atoms with E-state index >= 15 is 0 Å². The predicted octanol–water partition coefficient (Wildman–Crippen LogP) is 5.16. The van der Waals surface area contributed by atoms with E-state index in [9.17, 15) is 9.90 Å². The molecule has 2 aromatic heterocycles. The lowest BCUT2D eigenvalue weighted by molar-refractivity contribution is -0.118. The van der Waals surface area contributed by atoms with Gasteiger partial charge in [-0.2, -0.15) is 0 Å². The minimum absolute atomic E-state index is 0.105. The maximum Gasteiger partial charge on any atom is 0.286 e. The summed E-state index contributed by atoms with van der Waals surface area (Å²) in [5.74, 6) is -0.550. The average Bonchev–Trinajstić information content (AvgIpc) is 3.24. The van der Waals surface area contributed by atoms with Crippen molar-refractivity contribution in [2.24, 2.45) is 10.2 Å². The Morgan fingerprint density at radius 2 is 2.14 bits per heavy atom. The molecular weight excluding hydrogens is 374 g/mol. The number of hydrogen-bond acceptors (Lipinski definition) is 6. The molecule has 28 heavy (non-hydrogen) atoms. The van der Waals surface area contributed by atoms with Gasteiger partial charge in [0.05, 0.1) is 15.7 Å². The molecule has 3 N–H and O–H groups in total. The molecule has 142 valence electrons. The molecule has 4 rings (SSSR count). The Morgan fingerprint density at radius 1 is 1.32 bits per heavy atom. The number of amides is 1. The number of fused-ring (bicyclic) bond motifs is 2. The topological polar surface area (TPSA) is 103 Å². The van der Waals surface area contributed by atoms with E-state index in [4.69, 9.17) is 0 Å². The summed E-state index contributed by atoms with van der Waals surface area (Å²) >= 11 is 1.48. The van der Waals surface area contributed by atoms with E-state index in [2.05, 4.69) is 25.5 Å². The van der Waals surface area contributed by atoms with Crippen LogP contribution in [0.1, 0.15) is 19.4 Å². The fraction of sp³-hybridized carbons (Fsp3) is 0.200. The SMILES string of the molecule is CCc1ccc2[nH]c(O)c(N=NC(=O)[C@@H](C)Nc3nc4ccccc4s3)c2c1. The molecule has 0 aliphatic heterocycles. The normalized spacial score (nSPS) is 12.8. The first kappa shape index (κ1) is 18.1. The Hall–Kier alpha value is -3.26. The van der Waals surface area contributed by atoms with E-state index in [1.54, 1.807) is 6.92 Å². The van der Waals surface area contributed by atoms with E-state index in [-0.39, 0.29) is 11.6 Å². The highest BCUT2D eigenvalue weighted by atomic mass is 32.1. The van der Waals surface area contributed by atoms with Crippen LogP contribution in [0.4, 0.5) is 10.8 Å². The number of carbonyl (C=O) groups excluding carboxylic acids is 1. The monoisotopic (exact) mass is 393 g/mol. The van der Waals surface area contributed by atoms with Gasteiger partial charge < -0.3 is 15.4 Å². The number of carbonyl (C=O) groups is 1. The summed E-state index contributed by atoms with van der Waals surface area (Å²) in [5, 5.41) is 22.4. The van der Waals surface area contributed by atoms with Gasteiger partial charge in [0.15, 0.2) is 10.8 Å². The lowest BCUT2D eigenvalue weighted by Crippen LogP contribution is -2.23. The summed E-state index contributed by atoms with van der Waals surface area (Å²) in [6, 6.07) is 13.0. The molecule has 0 radical (unpaired) electrons. The maximum atomic E-state index is 12.4. The third-order valence-electron chi connectivity index (χ3n) is 4.48. The molecule has 0 aliphatic rings. The Balaban J connectivity index is 1.53. The van der Waals surface area contributed by atoms with E-state index < -0.39 is 11.9 Å². The number of thiazole rings is 1. The second kappa shape index (κ2) is 7.40. The van der Waals surface area contributed by atoms with Crippen molar-refractivity contribution >= 4 is 49.2 Å². The Bertz CT molecular complexity index is 1160. The maximum absolute atomic E-state index is 12.4. The van der Waals surface area contributed by atoms with Crippen LogP contribution in [0.5, 0.6) is 5.88 Å². The van der Waals surface area contributed by atoms with Gasteiger partial charge in [0.25, 0.3) is 5.91 Å². The van der Waals surface area contributed by atoms with E-state index in [1.807, 2.05) is 49.4 Å². The van der Waals surface area contributed by atoms with Gasteiger partial charge in [0.2, 0.25) is 5.88 Å². The second-order valence-corrected chi connectivity index (χ2v) is 7.48. The van der Waals surface area contributed by atoms with E-state index in [1.165, 1.54) is 11.3 Å². The molecule has 0 spiro atoms. The van der Waals surface area contributed by atoms with Crippen LogP contribution < -0.4 is 5.32 Å². The van der Waals surface area contributed by atoms with Gasteiger partial charge in [-0.15, -0.1) is 10.2 Å². The van der Waals surface area contributed by atoms with Crippen LogP contribution in [-0.2, 0) is 11.2 Å². The number of H-pyrrole nitrogens is 1. The van der Waals surface area contributed by atoms with Crippen molar-refractivity contribution in [1.82, 2.24) is 9.97 Å². The highest BCUT2D eigenvalue weighted by Crippen LogP contribution is 2.36. The van der Waals surface area contributed by atoms with Crippen LogP contribution in [0, 0.1) is 0 Å². The standard InChI is InChI=1S/C20H19N5O2S/c1-3-12-8-9-14-13(10-12)17(19(27)22-14)24-25-18(26)11(2)21-20-23-15-6-4-5-7-16(15)28-20/h4-11,22,27H,3H2,1-2H3,(H,21,23)/t11-/m1/s1. The van der Waals surface area contributed by atoms with Crippen molar-refractivity contribution < 1.29 is 9.90 Å². The number of benzene rings is 2. The van der Waals surface area contributed by atoms with Gasteiger partial charge in [-0.3, -0.25) is 4.79 Å². The molecule has 0 unspecified atom stereocenters. The van der Waals surface area contributed by atoms with Gasteiger partial charge in [0, 0.05) is 5.39 Å². The number of para-hydroxylation sites is 1. The van der Waals surface area contributed by atoms with Crippen LogP contribution in [0.2, 0.25) is 0 Å². The Labute approximate surface area is 165 Å². The van der Waals surface area contributed by atoms with E-state index in [0.29, 0.717) is 5.13 Å². The number of azo groups is 1. The lowest BCUT2D eigenvalue weighted by atomic mass is 10.1. The molecular formula is C20H19N5O2S. The fourth-order valence-electron chi connectivity index (χ4n) is 2.90. The number of aryl methyl sites for hydroxylation is 1. The molecule has 0 aliphatic carbocycles. The summed E-state index contributed by atoms with van der Waals surface area (Å²) < 4.78 is 1.04. The number of aromatic amines is 1. The number of rotatable bonds is 5. The quantitative estimate of drug-likeness (QED) is 0.408. The summed E-state index contributed by atoms with van der Waals surface area (Å²) in [5.41, 5.74) is 3.01. The summed E-state index contributed by atoms with van der Waals surface area (Å²) in [6.07, 6.45) is 0.862. The van der Waals surface area contributed by atoms with E-state index in [0.717, 1.165) is 33.1 Å². The molecule has 0 bridgehead atoms. The van der Waals surface area contributed by atoms with Crippen molar-refractivity contribution in [3.05, 3.63) is 48.0 Å². The molecule has 4 aromatic rings. The van der Waals surface area contributed by atoms with Crippen LogP contribution in [0.15, 0.2) is 52.7 Å². The molecule has 2 aromatic carbocycles. The fourth-order valence-corrected chi connectivity index (χ4v) is 3.85. The number of nitrogens with zero attached hydrogens (tertiary/aromatic N) is 3. The first-order valence-electron chi connectivity index (χ1n) is 8.96. The van der Waals surface area contributed by atoms with Gasteiger partial charge in [-0.05, 0) is 43.2 Å². The molecule has 0 fully saturated rings. The molecule has 1 atom stereocenters. The Kier molecular flexibility index (Phi) is 4.79. The molecule has 0 saturated carbocycles. The van der Waals surface area contributed by atoms with Gasteiger partial charge in [0.1, 0.15) is 6.04 Å². The van der Waals surface area contributed by atoms with Crippen molar-refractivity contribution in [2.75, 3.05) is 5.32 Å². The summed E-state index contributed by atoms with van der Waals surface area (Å²) in [6.45, 7) is 3.76. The molecule has 8 heteroatoms. The van der Waals surface area contributed by atoms with Crippen LogP contribution >= 0.6 is 11.3 Å². The second-order valence-electron chi connectivity index (χ2n) is 6.45. The zero-order valence-electron chi connectivity index (χ0n) is 15.4. The first-order chi connectivity index (χ1) is 13.5. The number of aromatic nitrogens is 2. The van der Waals surface area contributed by atoms with Crippen molar-refractivity contribution in [1.29, 1.82) is 0 Å². The van der Waals surface area contributed by atoms with Crippen molar-refractivity contribution in [3.8, 4) is 5.88 Å². The number of anilines is 1. The molecule has 2 heterocycles. The minimum atomic E-state index is -0.595. The van der Waals surface area contributed by atoms with Crippen molar-refractivity contribution in [3.63, 3.8) is 0 Å². The van der Waals surface area contributed by atoms with Crippen LogP contribution in [0.3, 0.4) is 0 Å². The number of hydrogen-bond donors (Lipinski definition) is 3. The summed E-state index contributed by atoms with van der Waals surface area (Å²) in [7, 11) is 0. The summed E-state index contributed by atoms with van der Waals surface area (Å²) in [4.78, 5) is 19.7. The minimum Gasteiger partial charge on any atom is -0.493 e. The average molecular weight is 393 g/mol. The lowest BCUT2D eigenvalue weighted by Gasteiger charge is -2.07. The van der Waals surface area contributed by atoms with Crippen LogP contribution in [0.25, 0.3) is 21.1 Å². The highest BCUT2D eigenvalue weighted by molar-refractivity contribution is 7.22. The van der Waals surface area contributed by atoms with Gasteiger partial charge in [-0.25, -0.2) is 4.98 Å². The van der Waals surface area contributed by atoms with Crippen molar-refractivity contribution in [2.45, 2.75) is 26.3 Å². The number of nitrogens with one attached hydrogen (secondary N) is 2. The smallest absolute Gasteiger partial charge is 0.286 e. The Morgan fingerprint density at radius 3 is 2.93 bits per heavy atom. The van der Waals surface area contributed by atoms with Crippen LogP contribution in [-0.4, -0.2) is 27.0 Å². The van der Waals surface area contributed by atoms with Gasteiger partial charge in [-0.1, -0.05) is 36.5 Å². The highest BCUT2D eigenvalue weighted by Gasteiger charge is 2.16. The molecule has 0 saturated heterocycles. The first-order valence-corrected chi connectivity index (χ1v) is 9.78. The molecule has 7 nitrogen and oxygen atoms in total. The molecule has 1 amide bonds. The largest absolute Gasteiger partial charge is 0.493 e.